The zero-order valence-electron chi connectivity index (χ0n) is 12.2. The Kier molecular flexibility index (Phi) is 5.27. The molecule has 0 amide bonds. The van der Waals surface area contributed by atoms with Crippen LogP contribution in [0, 0.1) is 6.92 Å². The largest absolute Gasteiger partial charge is 0.398 e. The molecule has 1 unspecified atom stereocenters. The van der Waals surface area contributed by atoms with Crippen LogP contribution in [0.1, 0.15) is 5.56 Å². The lowest BCUT2D eigenvalue weighted by Crippen LogP contribution is -2.25. The molecule has 21 heavy (non-hydrogen) atoms. The fraction of sp³-hybridized carbons (Fsp3) is 0.462. The van der Waals surface area contributed by atoms with E-state index in [4.69, 9.17) is 15.2 Å². The number of rotatable bonds is 6. The summed E-state index contributed by atoms with van der Waals surface area (Å²) in [5.74, 6) is 0.652. The van der Waals surface area contributed by atoms with Gasteiger partial charge in [0.2, 0.25) is 0 Å². The minimum absolute atomic E-state index is 0.123. The molecule has 8 heteroatoms. The van der Waals surface area contributed by atoms with Gasteiger partial charge in [-0.05, 0) is 35.0 Å². The number of tetrazole rings is 1. The standard InChI is InChI=1S/C13H18BrN5O2/c1-8-11(4-9(14)5-12(8)15)13-16-17-18-19(13)6-10(21-3)7-20-2/h4-5,10H,6-7,15H2,1-3H3. The number of hydrogen-bond acceptors (Lipinski definition) is 6. The zero-order chi connectivity index (χ0) is 15.4. The molecule has 0 spiro atoms. The van der Waals surface area contributed by atoms with E-state index in [0.717, 1.165) is 15.6 Å². The molecule has 0 radical (unpaired) electrons. The Morgan fingerprint density at radius 2 is 2.14 bits per heavy atom. The van der Waals surface area contributed by atoms with Gasteiger partial charge in [-0.15, -0.1) is 5.10 Å². The Balaban J connectivity index is 2.36. The lowest BCUT2D eigenvalue weighted by molar-refractivity contribution is 0.0163. The third-order valence-electron chi connectivity index (χ3n) is 3.25. The van der Waals surface area contributed by atoms with Crippen LogP contribution in [-0.2, 0) is 16.0 Å². The van der Waals surface area contributed by atoms with Crippen LogP contribution >= 0.6 is 15.9 Å². The summed E-state index contributed by atoms with van der Waals surface area (Å²) in [6.45, 7) is 2.91. The SMILES string of the molecule is COCC(Cn1nnnc1-c1cc(Br)cc(N)c1C)OC. The molecule has 0 saturated heterocycles. The number of nitrogens with two attached hydrogens (primary N) is 1. The molecular weight excluding hydrogens is 338 g/mol. The molecule has 1 aromatic carbocycles. The van der Waals surface area contributed by atoms with Gasteiger partial charge in [-0.2, -0.15) is 0 Å². The first-order valence-corrected chi connectivity index (χ1v) is 7.20. The van der Waals surface area contributed by atoms with Gasteiger partial charge in [-0.1, -0.05) is 15.9 Å². The van der Waals surface area contributed by atoms with E-state index in [1.54, 1.807) is 18.9 Å². The molecule has 114 valence electrons. The summed E-state index contributed by atoms with van der Waals surface area (Å²) in [5.41, 5.74) is 8.52. The molecule has 0 saturated carbocycles. The Morgan fingerprint density at radius 1 is 1.38 bits per heavy atom. The monoisotopic (exact) mass is 355 g/mol. The Morgan fingerprint density at radius 3 is 2.81 bits per heavy atom. The van der Waals surface area contributed by atoms with E-state index in [-0.39, 0.29) is 6.10 Å². The Hall–Kier alpha value is -1.51. The number of benzene rings is 1. The third kappa shape index (κ3) is 3.58. The van der Waals surface area contributed by atoms with Gasteiger partial charge in [0.25, 0.3) is 0 Å². The predicted octanol–water partition coefficient (Wildman–Crippen LogP) is 1.65. The average Bonchev–Trinajstić information content (AvgIpc) is 2.90. The molecule has 2 N–H and O–H groups in total. The van der Waals surface area contributed by atoms with Crippen molar-refractivity contribution in [3.8, 4) is 11.4 Å². The molecule has 0 aliphatic carbocycles. The van der Waals surface area contributed by atoms with Gasteiger partial charge in [0, 0.05) is 29.9 Å². The van der Waals surface area contributed by atoms with Gasteiger partial charge in [0.15, 0.2) is 5.82 Å². The number of hydrogen-bond donors (Lipinski definition) is 1. The number of aromatic nitrogens is 4. The van der Waals surface area contributed by atoms with E-state index in [2.05, 4.69) is 31.5 Å². The average molecular weight is 356 g/mol. The van der Waals surface area contributed by atoms with Crippen LogP contribution in [0.25, 0.3) is 11.4 Å². The van der Waals surface area contributed by atoms with Gasteiger partial charge in [0.1, 0.15) is 6.10 Å². The second-order valence-electron chi connectivity index (χ2n) is 4.67. The second-order valence-corrected chi connectivity index (χ2v) is 5.58. The number of ether oxygens (including phenoxy) is 2. The number of nitrogens with zero attached hydrogens (tertiary/aromatic N) is 4. The van der Waals surface area contributed by atoms with Crippen LogP contribution in [0.3, 0.4) is 0 Å². The minimum atomic E-state index is -0.123. The Labute approximate surface area is 131 Å². The maximum Gasteiger partial charge on any atom is 0.182 e. The highest BCUT2D eigenvalue weighted by molar-refractivity contribution is 9.10. The fourth-order valence-corrected chi connectivity index (χ4v) is 2.50. The fourth-order valence-electron chi connectivity index (χ4n) is 2.03. The molecule has 0 aliphatic heterocycles. The highest BCUT2D eigenvalue weighted by atomic mass is 79.9. The first-order valence-electron chi connectivity index (χ1n) is 6.40. The molecule has 7 nitrogen and oxygen atoms in total. The molecule has 2 aromatic rings. The van der Waals surface area contributed by atoms with E-state index in [0.29, 0.717) is 24.7 Å². The number of halogens is 1. The lowest BCUT2D eigenvalue weighted by Gasteiger charge is -2.15. The summed E-state index contributed by atoms with van der Waals surface area (Å²) in [7, 11) is 3.27. The van der Waals surface area contributed by atoms with Crippen molar-refractivity contribution in [3.05, 3.63) is 22.2 Å². The topological polar surface area (TPSA) is 88.1 Å². The molecule has 1 atom stereocenters. The van der Waals surface area contributed by atoms with Crippen molar-refractivity contribution >= 4 is 21.6 Å². The first-order chi connectivity index (χ1) is 10.1. The van der Waals surface area contributed by atoms with E-state index in [1.165, 1.54) is 0 Å². The number of nitrogen functional groups attached to an aromatic ring is 1. The van der Waals surface area contributed by atoms with Crippen LogP contribution in [0.5, 0.6) is 0 Å². The summed E-state index contributed by atoms with van der Waals surface area (Å²) < 4.78 is 13.1. The Bertz CT molecular complexity index is 617. The second kappa shape index (κ2) is 6.97. The molecule has 0 fully saturated rings. The van der Waals surface area contributed by atoms with Crippen molar-refractivity contribution in [2.24, 2.45) is 0 Å². The van der Waals surface area contributed by atoms with Crippen LogP contribution in [0.4, 0.5) is 5.69 Å². The van der Waals surface area contributed by atoms with E-state index in [9.17, 15) is 0 Å². The van der Waals surface area contributed by atoms with Crippen LogP contribution < -0.4 is 5.73 Å². The van der Waals surface area contributed by atoms with Gasteiger partial charge < -0.3 is 15.2 Å². The van der Waals surface area contributed by atoms with E-state index < -0.39 is 0 Å². The summed E-state index contributed by atoms with van der Waals surface area (Å²) in [4.78, 5) is 0. The molecule has 2 rings (SSSR count). The number of anilines is 1. The minimum Gasteiger partial charge on any atom is -0.398 e. The summed E-state index contributed by atoms with van der Waals surface area (Å²) in [6, 6.07) is 3.81. The van der Waals surface area contributed by atoms with Crippen molar-refractivity contribution in [1.29, 1.82) is 0 Å². The van der Waals surface area contributed by atoms with Gasteiger partial charge in [-0.3, -0.25) is 0 Å². The van der Waals surface area contributed by atoms with E-state index in [1.807, 2.05) is 19.1 Å². The van der Waals surface area contributed by atoms with Crippen molar-refractivity contribution in [2.75, 3.05) is 26.6 Å². The van der Waals surface area contributed by atoms with Gasteiger partial charge >= 0.3 is 0 Å². The molecule has 1 aromatic heterocycles. The lowest BCUT2D eigenvalue weighted by atomic mass is 10.1. The predicted molar refractivity (Wildman–Crippen MR) is 82.8 cm³/mol. The molecule has 0 aliphatic rings. The maximum absolute atomic E-state index is 6.00. The van der Waals surface area contributed by atoms with Crippen LogP contribution in [0.2, 0.25) is 0 Å². The van der Waals surface area contributed by atoms with Gasteiger partial charge in [-0.25, -0.2) is 4.68 Å². The maximum atomic E-state index is 6.00. The smallest absolute Gasteiger partial charge is 0.182 e. The molecule has 1 heterocycles. The molecular formula is C13H18BrN5O2. The van der Waals surface area contributed by atoms with Crippen molar-refractivity contribution in [2.45, 2.75) is 19.6 Å². The van der Waals surface area contributed by atoms with Crippen molar-refractivity contribution < 1.29 is 9.47 Å². The van der Waals surface area contributed by atoms with Gasteiger partial charge in [0.05, 0.1) is 13.2 Å². The third-order valence-corrected chi connectivity index (χ3v) is 3.71. The molecule has 0 bridgehead atoms. The van der Waals surface area contributed by atoms with Crippen molar-refractivity contribution in [3.63, 3.8) is 0 Å². The quantitative estimate of drug-likeness (QED) is 0.792. The summed E-state index contributed by atoms with van der Waals surface area (Å²) in [6.07, 6.45) is -0.123. The zero-order valence-corrected chi connectivity index (χ0v) is 13.8. The normalized spacial score (nSPS) is 12.6. The highest BCUT2D eigenvalue weighted by Gasteiger charge is 2.17. The number of methoxy groups -OCH3 is 2. The van der Waals surface area contributed by atoms with Crippen LogP contribution in [-0.4, -0.2) is 47.1 Å². The summed E-state index contributed by atoms with van der Waals surface area (Å²) in [5, 5.41) is 11.9. The first kappa shape index (κ1) is 15.9. The van der Waals surface area contributed by atoms with Crippen molar-refractivity contribution in [1.82, 2.24) is 20.2 Å². The summed E-state index contributed by atoms with van der Waals surface area (Å²) >= 11 is 3.44. The van der Waals surface area contributed by atoms with Crippen LogP contribution in [0.15, 0.2) is 16.6 Å². The van der Waals surface area contributed by atoms with E-state index >= 15 is 0 Å². The highest BCUT2D eigenvalue weighted by Crippen LogP contribution is 2.29.